The van der Waals surface area contributed by atoms with E-state index < -0.39 is 5.97 Å². The summed E-state index contributed by atoms with van der Waals surface area (Å²) in [5, 5.41) is 11.5. The first kappa shape index (κ1) is 15.3. The Kier molecular flexibility index (Phi) is 5.14. The summed E-state index contributed by atoms with van der Waals surface area (Å²) in [5.74, 6) is -0.340. The fourth-order valence-corrected chi connectivity index (χ4v) is 2.50. The minimum Gasteiger partial charge on any atom is -0.481 e. The number of carbonyl (C=O) groups is 2. The molecule has 6 nitrogen and oxygen atoms in total. The smallest absolute Gasteiger partial charge is 0.321 e. The van der Waals surface area contributed by atoms with Crippen LogP contribution in [0.2, 0.25) is 0 Å². The van der Waals surface area contributed by atoms with Crippen molar-refractivity contribution in [1.82, 2.24) is 9.88 Å². The molecular formula is C15H21N3O3. The highest BCUT2D eigenvalue weighted by molar-refractivity contribution is 5.89. The van der Waals surface area contributed by atoms with Crippen molar-refractivity contribution in [2.45, 2.75) is 32.6 Å². The maximum absolute atomic E-state index is 12.1. The van der Waals surface area contributed by atoms with Crippen molar-refractivity contribution in [3.05, 3.63) is 24.0 Å². The molecule has 114 valence electrons. The summed E-state index contributed by atoms with van der Waals surface area (Å²) >= 11 is 0. The number of aryl methyl sites for hydroxylation is 1. The average Bonchev–Trinajstić information content (AvgIpc) is 2.48. The topological polar surface area (TPSA) is 82.5 Å². The van der Waals surface area contributed by atoms with E-state index in [1.807, 2.05) is 19.1 Å². The average molecular weight is 291 g/mol. The molecule has 0 aromatic carbocycles. The Balaban J connectivity index is 1.77. The predicted molar refractivity (Wildman–Crippen MR) is 79.2 cm³/mol. The van der Waals surface area contributed by atoms with Crippen LogP contribution in [0.25, 0.3) is 0 Å². The van der Waals surface area contributed by atoms with Crippen LogP contribution in [0.4, 0.5) is 10.5 Å². The van der Waals surface area contributed by atoms with Gasteiger partial charge in [-0.2, -0.15) is 0 Å². The Morgan fingerprint density at radius 1 is 1.38 bits per heavy atom. The first-order chi connectivity index (χ1) is 10.0. The first-order valence-electron chi connectivity index (χ1n) is 7.25. The number of piperidine rings is 1. The molecule has 2 rings (SSSR count). The van der Waals surface area contributed by atoms with Crippen molar-refractivity contribution >= 4 is 17.7 Å². The zero-order valence-electron chi connectivity index (χ0n) is 12.2. The highest BCUT2D eigenvalue weighted by Gasteiger charge is 2.23. The number of likely N-dealkylation sites (tertiary alicyclic amines) is 1. The van der Waals surface area contributed by atoms with Gasteiger partial charge < -0.3 is 15.3 Å². The molecule has 1 aromatic heterocycles. The third-order valence-corrected chi connectivity index (χ3v) is 3.83. The lowest BCUT2D eigenvalue weighted by Gasteiger charge is -2.31. The van der Waals surface area contributed by atoms with Crippen LogP contribution in [0.5, 0.6) is 0 Å². The number of amides is 2. The van der Waals surface area contributed by atoms with Crippen molar-refractivity contribution in [3.8, 4) is 0 Å². The van der Waals surface area contributed by atoms with Gasteiger partial charge in [0, 0.05) is 25.2 Å². The lowest BCUT2D eigenvalue weighted by atomic mass is 9.92. The fraction of sp³-hybridized carbons (Fsp3) is 0.533. The number of hydrogen-bond acceptors (Lipinski definition) is 3. The Hall–Kier alpha value is -2.11. The van der Waals surface area contributed by atoms with E-state index in [2.05, 4.69) is 10.3 Å². The molecule has 1 aromatic rings. The quantitative estimate of drug-likeness (QED) is 0.893. The first-order valence-corrected chi connectivity index (χ1v) is 7.25. The Labute approximate surface area is 124 Å². The zero-order chi connectivity index (χ0) is 15.2. The van der Waals surface area contributed by atoms with Crippen LogP contribution >= 0.6 is 0 Å². The molecule has 0 unspecified atom stereocenters. The van der Waals surface area contributed by atoms with E-state index >= 15 is 0 Å². The zero-order valence-corrected chi connectivity index (χ0v) is 12.2. The van der Waals surface area contributed by atoms with Gasteiger partial charge in [0.25, 0.3) is 0 Å². The number of carboxylic acids is 1. The lowest BCUT2D eigenvalue weighted by Crippen LogP contribution is -2.41. The lowest BCUT2D eigenvalue weighted by molar-refractivity contribution is -0.137. The molecule has 21 heavy (non-hydrogen) atoms. The Morgan fingerprint density at radius 3 is 2.67 bits per heavy atom. The molecule has 2 heterocycles. The van der Waals surface area contributed by atoms with Crippen molar-refractivity contribution in [3.63, 3.8) is 0 Å². The summed E-state index contributed by atoms with van der Waals surface area (Å²) in [6, 6.07) is 3.57. The Morgan fingerprint density at radius 2 is 2.10 bits per heavy atom. The third kappa shape index (κ3) is 4.73. The number of hydrogen-bond donors (Lipinski definition) is 2. The molecule has 6 heteroatoms. The highest BCUT2D eigenvalue weighted by atomic mass is 16.4. The van der Waals surface area contributed by atoms with Crippen LogP contribution in [-0.2, 0) is 4.79 Å². The molecule has 2 amide bonds. The van der Waals surface area contributed by atoms with Gasteiger partial charge >= 0.3 is 12.0 Å². The minimum atomic E-state index is -0.748. The van der Waals surface area contributed by atoms with E-state index in [-0.39, 0.29) is 12.5 Å². The van der Waals surface area contributed by atoms with Crippen LogP contribution in [0.15, 0.2) is 18.3 Å². The van der Waals surface area contributed by atoms with Gasteiger partial charge in [-0.3, -0.25) is 9.78 Å². The number of pyridine rings is 1. The number of rotatable bonds is 4. The Bertz CT molecular complexity index is 493. The minimum absolute atomic E-state index is 0.114. The number of urea groups is 1. The van der Waals surface area contributed by atoms with E-state index in [1.54, 1.807) is 11.1 Å². The van der Waals surface area contributed by atoms with Crippen LogP contribution in [0.3, 0.4) is 0 Å². The molecule has 2 N–H and O–H groups in total. The van der Waals surface area contributed by atoms with Crippen molar-refractivity contribution in [2.75, 3.05) is 18.4 Å². The maximum atomic E-state index is 12.1. The van der Waals surface area contributed by atoms with Crippen LogP contribution < -0.4 is 5.32 Å². The van der Waals surface area contributed by atoms with Gasteiger partial charge in [-0.25, -0.2) is 4.79 Å². The van der Waals surface area contributed by atoms with Gasteiger partial charge in [-0.1, -0.05) is 0 Å². The van der Waals surface area contributed by atoms with Crippen molar-refractivity contribution in [2.24, 2.45) is 5.92 Å². The fourth-order valence-electron chi connectivity index (χ4n) is 2.50. The second-order valence-corrected chi connectivity index (χ2v) is 5.48. The van der Waals surface area contributed by atoms with Crippen LogP contribution in [-0.4, -0.2) is 40.1 Å². The normalized spacial score (nSPS) is 15.8. The van der Waals surface area contributed by atoms with Crippen LogP contribution in [0, 0.1) is 12.8 Å². The summed E-state index contributed by atoms with van der Waals surface area (Å²) in [5.41, 5.74) is 1.60. The van der Waals surface area contributed by atoms with Crippen LogP contribution in [0.1, 0.15) is 31.4 Å². The standard InChI is InChI=1S/C15H21N3O3/c1-11-2-4-13(10-16-11)17-15(21)18-8-6-12(7-9-18)3-5-14(19)20/h2,4,10,12H,3,5-9H2,1H3,(H,17,21)(H,19,20). The number of aromatic nitrogens is 1. The molecule has 0 bridgehead atoms. The van der Waals surface area contributed by atoms with E-state index in [4.69, 9.17) is 5.11 Å². The van der Waals surface area contributed by atoms with Gasteiger partial charge in [-0.15, -0.1) is 0 Å². The molecular weight excluding hydrogens is 270 g/mol. The maximum Gasteiger partial charge on any atom is 0.321 e. The highest BCUT2D eigenvalue weighted by Crippen LogP contribution is 2.22. The van der Waals surface area contributed by atoms with Gasteiger partial charge in [0.15, 0.2) is 0 Å². The number of anilines is 1. The summed E-state index contributed by atoms with van der Waals surface area (Å²) in [7, 11) is 0. The van der Waals surface area contributed by atoms with E-state index in [0.717, 1.165) is 18.5 Å². The summed E-state index contributed by atoms with van der Waals surface area (Å²) in [6.07, 6.45) is 4.30. The summed E-state index contributed by atoms with van der Waals surface area (Å²) in [4.78, 5) is 28.6. The molecule has 1 saturated heterocycles. The van der Waals surface area contributed by atoms with Gasteiger partial charge in [0.1, 0.15) is 0 Å². The molecule has 0 radical (unpaired) electrons. The SMILES string of the molecule is Cc1ccc(NC(=O)N2CCC(CCC(=O)O)CC2)cn1. The third-order valence-electron chi connectivity index (χ3n) is 3.83. The predicted octanol–water partition coefficient (Wildman–Crippen LogP) is 2.50. The molecule has 1 aliphatic rings. The number of carbonyl (C=O) groups excluding carboxylic acids is 1. The summed E-state index contributed by atoms with van der Waals surface area (Å²) < 4.78 is 0. The molecule has 0 aliphatic carbocycles. The van der Waals surface area contributed by atoms with Gasteiger partial charge in [0.2, 0.25) is 0 Å². The second-order valence-electron chi connectivity index (χ2n) is 5.48. The van der Waals surface area contributed by atoms with Gasteiger partial charge in [-0.05, 0) is 44.2 Å². The molecule has 0 spiro atoms. The second kappa shape index (κ2) is 7.06. The number of carboxylic acid groups (broad SMARTS) is 1. The molecule has 0 saturated carbocycles. The number of nitrogens with one attached hydrogen (secondary N) is 1. The van der Waals surface area contributed by atoms with Crippen molar-refractivity contribution < 1.29 is 14.7 Å². The largest absolute Gasteiger partial charge is 0.481 e. The molecule has 0 atom stereocenters. The summed E-state index contributed by atoms with van der Waals surface area (Å²) in [6.45, 7) is 3.25. The van der Waals surface area contributed by atoms with E-state index in [1.165, 1.54) is 0 Å². The number of aliphatic carboxylic acids is 1. The monoisotopic (exact) mass is 291 g/mol. The van der Waals surface area contributed by atoms with Crippen molar-refractivity contribution in [1.29, 1.82) is 0 Å². The number of nitrogens with zero attached hydrogens (tertiary/aromatic N) is 2. The molecule has 1 aliphatic heterocycles. The van der Waals surface area contributed by atoms with E-state index in [0.29, 0.717) is 31.1 Å². The van der Waals surface area contributed by atoms with Gasteiger partial charge in [0.05, 0.1) is 11.9 Å². The molecule has 1 fully saturated rings. The van der Waals surface area contributed by atoms with E-state index in [9.17, 15) is 9.59 Å².